The molecule has 1 aliphatic heterocycles. The van der Waals surface area contributed by atoms with E-state index in [0.29, 0.717) is 5.76 Å². The number of amides is 1. The quantitative estimate of drug-likeness (QED) is 0.853. The first-order valence-corrected chi connectivity index (χ1v) is 6.22. The van der Waals surface area contributed by atoms with E-state index in [4.69, 9.17) is 10.2 Å². The van der Waals surface area contributed by atoms with Crippen molar-refractivity contribution in [2.45, 2.75) is 45.2 Å². The number of hydrogen-bond acceptors (Lipinski definition) is 3. The summed E-state index contributed by atoms with van der Waals surface area (Å²) in [6.07, 6.45) is 4.75. The van der Waals surface area contributed by atoms with Gasteiger partial charge in [0.1, 0.15) is 0 Å². The monoisotopic (exact) mass is 236 g/mol. The first-order chi connectivity index (χ1) is 8.11. The van der Waals surface area contributed by atoms with Crippen LogP contribution in [0.25, 0.3) is 0 Å². The van der Waals surface area contributed by atoms with Crippen molar-refractivity contribution in [2.75, 3.05) is 6.54 Å². The van der Waals surface area contributed by atoms with Gasteiger partial charge in [0.25, 0.3) is 5.91 Å². The third kappa shape index (κ3) is 2.36. The summed E-state index contributed by atoms with van der Waals surface area (Å²) in [5, 5.41) is 0. The maximum absolute atomic E-state index is 12.4. The number of carbonyl (C=O) groups excluding carboxylic acids is 1. The summed E-state index contributed by atoms with van der Waals surface area (Å²) in [7, 11) is 0. The van der Waals surface area contributed by atoms with E-state index >= 15 is 0 Å². The van der Waals surface area contributed by atoms with Gasteiger partial charge in [-0.3, -0.25) is 4.79 Å². The van der Waals surface area contributed by atoms with Gasteiger partial charge < -0.3 is 15.1 Å². The second-order valence-electron chi connectivity index (χ2n) is 4.85. The average Bonchev–Trinajstić information content (AvgIpc) is 2.74. The first-order valence-electron chi connectivity index (χ1n) is 6.22. The van der Waals surface area contributed by atoms with Crippen LogP contribution in [0.15, 0.2) is 16.7 Å². The second kappa shape index (κ2) is 4.92. The summed E-state index contributed by atoms with van der Waals surface area (Å²) in [6.45, 7) is 4.64. The smallest absolute Gasteiger partial charge is 0.290 e. The van der Waals surface area contributed by atoms with Crippen molar-refractivity contribution in [2.24, 2.45) is 5.73 Å². The number of rotatable bonds is 2. The number of aryl methyl sites for hydroxylation is 1. The molecule has 1 amide bonds. The minimum atomic E-state index is -0.0190. The molecule has 0 radical (unpaired) electrons. The van der Waals surface area contributed by atoms with Crippen LogP contribution in [0.1, 0.15) is 42.3 Å². The number of nitrogens with zero attached hydrogens (tertiary/aromatic N) is 1. The van der Waals surface area contributed by atoms with Crippen molar-refractivity contribution < 1.29 is 9.21 Å². The third-order valence-electron chi connectivity index (χ3n) is 3.47. The molecule has 2 heterocycles. The van der Waals surface area contributed by atoms with E-state index in [0.717, 1.165) is 31.4 Å². The summed E-state index contributed by atoms with van der Waals surface area (Å²) in [5.74, 6) is 0.437. The molecule has 2 unspecified atom stereocenters. The fourth-order valence-electron chi connectivity index (χ4n) is 2.48. The number of hydrogen-bond donors (Lipinski definition) is 1. The van der Waals surface area contributed by atoms with Gasteiger partial charge in [-0.25, -0.2) is 0 Å². The van der Waals surface area contributed by atoms with Crippen molar-refractivity contribution in [1.82, 2.24) is 4.90 Å². The van der Waals surface area contributed by atoms with Crippen LogP contribution in [-0.2, 0) is 0 Å². The van der Waals surface area contributed by atoms with Crippen molar-refractivity contribution in [3.05, 3.63) is 23.7 Å². The highest BCUT2D eigenvalue weighted by Gasteiger charge is 2.31. The predicted molar refractivity (Wildman–Crippen MR) is 65.8 cm³/mol. The lowest BCUT2D eigenvalue weighted by Crippen LogP contribution is -2.51. The van der Waals surface area contributed by atoms with Crippen LogP contribution in [0.4, 0.5) is 0 Å². The summed E-state index contributed by atoms with van der Waals surface area (Å²) >= 11 is 0. The van der Waals surface area contributed by atoms with E-state index in [1.54, 1.807) is 6.26 Å². The Balaban J connectivity index is 2.20. The molecule has 1 fully saturated rings. The lowest BCUT2D eigenvalue weighted by atomic mass is 9.96. The van der Waals surface area contributed by atoms with E-state index in [2.05, 4.69) is 0 Å². The van der Waals surface area contributed by atoms with Gasteiger partial charge in [0.15, 0.2) is 5.76 Å². The molecule has 2 rings (SSSR count). The van der Waals surface area contributed by atoms with E-state index in [9.17, 15) is 4.79 Å². The van der Waals surface area contributed by atoms with Crippen molar-refractivity contribution in [3.8, 4) is 0 Å². The van der Waals surface area contributed by atoms with Crippen molar-refractivity contribution in [1.29, 1.82) is 0 Å². The molecule has 2 N–H and O–H groups in total. The maximum Gasteiger partial charge on any atom is 0.290 e. The summed E-state index contributed by atoms with van der Waals surface area (Å²) in [5.41, 5.74) is 6.85. The Morgan fingerprint density at radius 3 is 2.94 bits per heavy atom. The molecule has 1 aromatic rings. The van der Waals surface area contributed by atoms with E-state index in [1.165, 1.54) is 0 Å². The molecule has 1 aliphatic rings. The minimum Gasteiger partial charge on any atom is -0.459 e. The predicted octanol–water partition coefficient (Wildman–Crippen LogP) is 1.93. The molecule has 4 heteroatoms. The molecule has 0 bridgehead atoms. The van der Waals surface area contributed by atoms with Gasteiger partial charge in [0, 0.05) is 24.2 Å². The number of furan rings is 1. The molecule has 0 aliphatic carbocycles. The molecule has 0 aromatic carbocycles. The maximum atomic E-state index is 12.4. The van der Waals surface area contributed by atoms with Crippen LogP contribution < -0.4 is 5.73 Å². The Morgan fingerprint density at radius 2 is 2.35 bits per heavy atom. The molecular weight excluding hydrogens is 216 g/mol. The second-order valence-corrected chi connectivity index (χ2v) is 4.85. The zero-order valence-corrected chi connectivity index (χ0v) is 10.5. The summed E-state index contributed by atoms with van der Waals surface area (Å²) in [4.78, 5) is 14.2. The number of likely N-dealkylation sites (tertiary alicyclic amines) is 1. The Labute approximate surface area is 102 Å². The fraction of sp³-hybridized carbons (Fsp3) is 0.615. The Morgan fingerprint density at radius 1 is 1.59 bits per heavy atom. The topological polar surface area (TPSA) is 59.5 Å². The number of carbonyl (C=O) groups is 1. The van der Waals surface area contributed by atoms with Crippen LogP contribution in [0.5, 0.6) is 0 Å². The van der Waals surface area contributed by atoms with Gasteiger partial charge in [-0.1, -0.05) is 0 Å². The standard InChI is InChI=1S/C13H20N2O2/c1-9-6-8-17-12(9)13(16)15-7-4-3-5-11(15)10(2)14/h6,8,10-11H,3-5,7,14H2,1-2H3. The average molecular weight is 236 g/mol. The van der Waals surface area contributed by atoms with Crippen LogP contribution in [0.2, 0.25) is 0 Å². The molecule has 4 nitrogen and oxygen atoms in total. The lowest BCUT2D eigenvalue weighted by Gasteiger charge is -2.37. The first kappa shape index (κ1) is 12.2. The van der Waals surface area contributed by atoms with Crippen molar-refractivity contribution >= 4 is 5.91 Å². The Bertz CT molecular complexity index is 398. The SMILES string of the molecule is Cc1ccoc1C(=O)N1CCCCC1C(C)N. The molecule has 1 saturated heterocycles. The van der Waals surface area contributed by atoms with E-state index < -0.39 is 0 Å². The highest BCUT2D eigenvalue weighted by Crippen LogP contribution is 2.22. The largest absolute Gasteiger partial charge is 0.459 e. The van der Waals surface area contributed by atoms with Crippen LogP contribution >= 0.6 is 0 Å². The van der Waals surface area contributed by atoms with Gasteiger partial charge in [-0.05, 0) is 39.2 Å². The normalized spacial score (nSPS) is 22.5. The Kier molecular flexibility index (Phi) is 3.52. The summed E-state index contributed by atoms with van der Waals surface area (Å²) in [6, 6.07) is 1.97. The zero-order chi connectivity index (χ0) is 12.4. The minimum absolute atomic E-state index is 0.00881. The molecule has 2 atom stereocenters. The molecule has 94 valence electrons. The summed E-state index contributed by atoms with van der Waals surface area (Å²) < 4.78 is 5.28. The number of nitrogens with two attached hydrogens (primary N) is 1. The molecule has 17 heavy (non-hydrogen) atoms. The van der Waals surface area contributed by atoms with Crippen LogP contribution in [-0.4, -0.2) is 29.4 Å². The van der Waals surface area contributed by atoms with Gasteiger partial charge in [-0.15, -0.1) is 0 Å². The molecular formula is C13H20N2O2. The highest BCUT2D eigenvalue weighted by atomic mass is 16.3. The fourth-order valence-corrected chi connectivity index (χ4v) is 2.48. The number of piperidine rings is 1. The zero-order valence-electron chi connectivity index (χ0n) is 10.5. The van der Waals surface area contributed by atoms with Crippen molar-refractivity contribution in [3.63, 3.8) is 0 Å². The molecule has 1 aromatic heterocycles. The highest BCUT2D eigenvalue weighted by molar-refractivity contribution is 5.93. The van der Waals surface area contributed by atoms with Crippen LogP contribution in [0, 0.1) is 6.92 Å². The lowest BCUT2D eigenvalue weighted by molar-refractivity contribution is 0.0550. The van der Waals surface area contributed by atoms with E-state index in [1.807, 2.05) is 24.8 Å². The van der Waals surface area contributed by atoms with Gasteiger partial charge in [0.2, 0.25) is 0 Å². The van der Waals surface area contributed by atoms with Gasteiger partial charge in [-0.2, -0.15) is 0 Å². The van der Waals surface area contributed by atoms with Gasteiger partial charge in [0.05, 0.1) is 6.26 Å². The third-order valence-corrected chi connectivity index (χ3v) is 3.47. The van der Waals surface area contributed by atoms with E-state index in [-0.39, 0.29) is 18.0 Å². The molecule has 0 saturated carbocycles. The van der Waals surface area contributed by atoms with Crippen LogP contribution in [0.3, 0.4) is 0 Å². The van der Waals surface area contributed by atoms with Gasteiger partial charge >= 0.3 is 0 Å². The molecule has 0 spiro atoms. The Hall–Kier alpha value is -1.29.